The summed E-state index contributed by atoms with van der Waals surface area (Å²) in [6, 6.07) is 11.8. The third-order valence-electron chi connectivity index (χ3n) is 6.84. The molecule has 1 N–H and O–H groups in total. The first-order valence-electron chi connectivity index (χ1n) is 11.2. The SMILES string of the molecule is Cc1cn(Cc2cc3c(cc2/C=C/c2ccc(C(=O)O)cc2)C(C)(C)CCC3(C)C)cn1. The van der Waals surface area contributed by atoms with E-state index < -0.39 is 5.97 Å². The number of fused-ring (bicyclic) bond motifs is 1. The van der Waals surface area contributed by atoms with Gasteiger partial charge in [-0.2, -0.15) is 0 Å². The van der Waals surface area contributed by atoms with Gasteiger partial charge in [0.1, 0.15) is 0 Å². The molecule has 4 rings (SSSR count). The third-order valence-corrected chi connectivity index (χ3v) is 6.84. The summed E-state index contributed by atoms with van der Waals surface area (Å²) in [6.07, 6.45) is 10.5. The minimum absolute atomic E-state index is 0.140. The molecule has 0 amide bonds. The molecule has 4 heteroatoms. The molecule has 0 unspecified atom stereocenters. The molecular formula is C28H32N2O2. The fourth-order valence-electron chi connectivity index (χ4n) is 4.65. The van der Waals surface area contributed by atoms with Crippen molar-refractivity contribution in [1.82, 2.24) is 9.55 Å². The number of aromatic carboxylic acids is 1. The molecule has 1 aliphatic rings. The molecule has 0 fully saturated rings. The van der Waals surface area contributed by atoms with E-state index in [1.807, 2.05) is 25.4 Å². The second-order valence-corrected chi connectivity index (χ2v) is 10.3. The predicted octanol–water partition coefficient (Wildman–Crippen LogP) is 6.46. The van der Waals surface area contributed by atoms with Crippen LogP contribution >= 0.6 is 0 Å². The van der Waals surface area contributed by atoms with E-state index in [4.69, 9.17) is 5.11 Å². The van der Waals surface area contributed by atoms with Crippen molar-refractivity contribution < 1.29 is 9.90 Å². The zero-order valence-electron chi connectivity index (χ0n) is 19.6. The fourth-order valence-corrected chi connectivity index (χ4v) is 4.65. The molecule has 32 heavy (non-hydrogen) atoms. The highest BCUT2D eigenvalue weighted by molar-refractivity contribution is 5.88. The Labute approximate surface area is 190 Å². The molecule has 166 valence electrons. The molecule has 0 saturated carbocycles. The van der Waals surface area contributed by atoms with Gasteiger partial charge < -0.3 is 9.67 Å². The number of hydrogen-bond acceptors (Lipinski definition) is 2. The lowest BCUT2D eigenvalue weighted by atomic mass is 9.62. The van der Waals surface area contributed by atoms with Crippen LogP contribution in [0.3, 0.4) is 0 Å². The Bertz CT molecular complexity index is 1180. The molecule has 0 bridgehead atoms. The first-order valence-corrected chi connectivity index (χ1v) is 11.2. The van der Waals surface area contributed by atoms with E-state index in [2.05, 4.69) is 67.7 Å². The molecule has 1 heterocycles. The van der Waals surface area contributed by atoms with Gasteiger partial charge in [0, 0.05) is 12.7 Å². The van der Waals surface area contributed by atoms with Gasteiger partial charge in [-0.3, -0.25) is 0 Å². The van der Waals surface area contributed by atoms with Crippen LogP contribution < -0.4 is 0 Å². The van der Waals surface area contributed by atoms with E-state index in [1.54, 1.807) is 12.1 Å². The van der Waals surface area contributed by atoms with Crippen molar-refractivity contribution in [3.63, 3.8) is 0 Å². The Morgan fingerprint density at radius 3 is 2.22 bits per heavy atom. The molecule has 1 aliphatic carbocycles. The van der Waals surface area contributed by atoms with Crippen molar-refractivity contribution in [2.75, 3.05) is 0 Å². The second-order valence-electron chi connectivity index (χ2n) is 10.3. The van der Waals surface area contributed by atoms with Crippen LogP contribution in [-0.2, 0) is 17.4 Å². The summed E-state index contributed by atoms with van der Waals surface area (Å²) in [5.74, 6) is -0.905. The summed E-state index contributed by atoms with van der Waals surface area (Å²) >= 11 is 0. The van der Waals surface area contributed by atoms with E-state index in [0.29, 0.717) is 5.56 Å². The predicted molar refractivity (Wildman–Crippen MR) is 130 cm³/mol. The number of aryl methyl sites for hydroxylation is 1. The molecule has 0 saturated heterocycles. The minimum atomic E-state index is -0.905. The maximum absolute atomic E-state index is 11.1. The van der Waals surface area contributed by atoms with Gasteiger partial charge in [-0.15, -0.1) is 0 Å². The van der Waals surface area contributed by atoms with Crippen LogP contribution in [0.4, 0.5) is 0 Å². The molecule has 4 nitrogen and oxygen atoms in total. The molecule has 0 aliphatic heterocycles. The summed E-state index contributed by atoms with van der Waals surface area (Å²) in [7, 11) is 0. The Hall–Kier alpha value is -3.14. The van der Waals surface area contributed by atoms with E-state index in [-0.39, 0.29) is 10.8 Å². The maximum Gasteiger partial charge on any atom is 0.335 e. The zero-order chi connectivity index (χ0) is 23.1. The Morgan fingerprint density at radius 2 is 1.66 bits per heavy atom. The van der Waals surface area contributed by atoms with Crippen molar-refractivity contribution in [1.29, 1.82) is 0 Å². The summed E-state index contributed by atoms with van der Waals surface area (Å²) < 4.78 is 2.14. The average molecular weight is 429 g/mol. The summed E-state index contributed by atoms with van der Waals surface area (Å²) in [4.78, 5) is 15.5. The van der Waals surface area contributed by atoms with Crippen LogP contribution in [0.1, 0.15) is 84.4 Å². The van der Waals surface area contributed by atoms with Crippen molar-refractivity contribution in [2.45, 2.75) is 64.8 Å². The van der Waals surface area contributed by atoms with Crippen LogP contribution in [-0.4, -0.2) is 20.6 Å². The molecule has 0 atom stereocenters. The topological polar surface area (TPSA) is 55.1 Å². The van der Waals surface area contributed by atoms with Crippen molar-refractivity contribution in [2.24, 2.45) is 0 Å². The molecule has 2 aromatic carbocycles. The number of carboxylic acids is 1. The van der Waals surface area contributed by atoms with Gasteiger partial charge in [-0.25, -0.2) is 9.78 Å². The lowest BCUT2D eigenvalue weighted by Crippen LogP contribution is -2.34. The Balaban J connectivity index is 1.79. The summed E-state index contributed by atoms with van der Waals surface area (Å²) in [5, 5.41) is 9.14. The van der Waals surface area contributed by atoms with Crippen molar-refractivity contribution in [3.05, 3.63) is 88.0 Å². The number of carboxylic acid groups (broad SMARTS) is 1. The normalized spacial score (nSPS) is 16.8. The molecule has 1 aromatic heterocycles. The van der Waals surface area contributed by atoms with Gasteiger partial charge in [0.25, 0.3) is 0 Å². The van der Waals surface area contributed by atoms with Crippen molar-refractivity contribution >= 4 is 18.1 Å². The molecular weight excluding hydrogens is 396 g/mol. The van der Waals surface area contributed by atoms with Crippen LogP contribution in [0.15, 0.2) is 48.9 Å². The van der Waals surface area contributed by atoms with Gasteiger partial charge >= 0.3 is 5.97 Å². The lowest BCUT2D eigenvalue weighted by Gasteiger charge is -2.42. The smallest absolute Gasteiger partial charge is 0.335 e. The second kappa shape index (κ2) is 8.09. The third kappa shape index (κ3) is 4.40. The van der Waals surface area contributed by atoms with E-state index in [9.17, 15) is 4.79 Å². The molecule has 3 aromatic rings. The Kier molecular flexibility index (Phi) is 5.58. The van der Waals surface area contributed by atoms with Gasteiger partial charge in [0.05, 0.1) is 17.6 Å². The number of nitrogens with zero attached hydrogens (tertiary/aromatic N) is 2. The van der Waals surface area contributed by atoms with Crippen LogP contribution in [0.5, 0.6) is 0 Å². The quantitative estimate of drug-likeness (QED) is 0.475. The van der Waals surface area contributed by atoms with Gasteiger partial charge in [0.15, 0.2) is 0 Å². The average Bonchev–Trinajstić information content (AvgIpc) is 3.15. The van der Waals surface area contributed by atoms with Gasteiger partial charge in [-0.1, -0.05) is 64.1 Å². The summed E-state index contributed by atoms with van der Waals surface area (Å²) in [5.41, 5.74) is 7.94. The van der Waals surface area contributed by atoms with Gasteiger partial charge in [-0.05, 0) is 70.5 Å². The Morgan fingerprint density at radius 1 is 1.03 bits per heavy atom. The number of rotatable bonds is 5. The summed E-state index contributed by atoms with van der Waals surface area (Å²) in [6.45, 7) is 12.2. The fraction of sp³-hybridized carbons (Fsp3) is 0.357. The highest BCUT2D eigenvalue weighted by Gasteiger charge is 2.37. The molecule has 0 radical (unpaired) electrons. The first-order chi connectivity index (χ1) is 15.0. The largest absolute Gasteiger partial charge is 0.478 e. The number of hydrogen-bond donors (Lipinski definition) is 1. The number of benzene rings is 2. The van der Waals surface area contributed by atoms with E-state index >= 15 is 0 Å². The van der Waals surface area contributed by atoms with E-state index in [0.717, 1.165) is 17.8 Å². The highest BCUT2D eigenvalue weighted by atomic mass is 16.4. The number of imidazole rings is 1. The van der Waals surface area contributed by atoms with Gasteiger partial charge in [0.2, 0.25) is 0 Å². The van der Waals surface area contributed by atoms with E-state index in [1.165, 1.54) is 35.1 Å². The van der Waals surface area contributed by atoms with Crippen LogP contribution in [0.2, 0.25) is 0 Å². The zero-order valence-corrected chi connectivity index (χ0v) is 19.6. The minimum Gasteiger partial charge on any atom is -0.478 e. The number of carbonyl (C=O) groups is 1. The highest BCUT2D eigenvalue weighted by Crippen LogP contribution is 2.46. The standard InChI is InChI=1S/C28H32N2O2/c1-19-16-30(18-29-19)17-23-15-25-24(27(2,3)12-13-28(25,4)5)14-22(23)11-8-20-6-9-21(10-7-20)26(31)32/h6-11,14-16,18H,12-13,17H2,1-5H3,(H,31,32)/b11-8+. The van der Waals surface area contributed by atoms with Crippen molar-refractivity contribution in [3.8, 4) is 0 Å². The first kappa shape index (κ1) is 22.1. The van der Waals surface area contributed by atoms with Crippen LogP contribution in [0, 0.1) is 6.92 Å². The number of aromatic nitrogens is 2. The van der Waals surface area contributed by atoms with Crippen LogP contribution in [0.25, 0.3) is 12.2 Å². The monoisotopic (exact) mass is 428 g/mol. The maximum atomic E-state index is 11.1. The lowest BCUT2D eigenvalue weighted by molar-refractivity contribution is 0.0697. The molecule has 0 spiro atoms.